The normalized spacial score (nSPS) is 10.8. The van der Waals surface area contributed by atoms with Gasteiger partial charge in [-0.05, 0) is 36.8 Å². The van der Waals surface area contributed by atoms with Gasteiger partial charge in [-0.15, -0.1) is 0 Å². The minimum absolute atomic E-state index is 0.0972. The molecule has 0 spiro atoms. The number of carbonyl (C=O) groups is 1. The Labute approximate surface area is 148 Å². The Kier molecular flexibility index (Phi) is 4.72. The van der Waals surface area contributed by atoms with Gasteiger partial charge in [-0.3, -0.25) is 9.36 Å². The summed E-state index contributed by atoms with van der Waals surface area (Å²) in [4.78, 5) is 29.2. The fourth-order valence-corrected chi connectivity index (χ4v) is 2.70. The first-order valence-electron chi connectivity index (χ1n) is 7.65. The summed E-state index contributed by atoms with van der Waals surface area (Å²) in [7, 11) is 0. The van der Waals surface area contributed by atoms with Crippen molar-refractivity contribution < 1.29 is 14.6 Å². The molecule has 128 valence electrons. The number of nitrogens with zero attached hydrogens (tertiary/aromatic N) is 2. The van der Waals surface area contributed by atoms with Crippen LogP contribution in [0.5, 0.6) is 5.75 Å². The van der Waals surface area contributed by atoms with Gasteiger partial charge in [-0.2, -0.15) is 0 Å². The number of aromatic nitrogens is 2. The predicted molar refractivity (Wildman–Crippen MR) is 94.2 cm³/mol. The molecule has 0 fully saturated rings. The van der Waals surface area contributed by atoms with E-state index < -0.39 is 22.8 Å². The van der Waals surface area contributed by atoms with Crippen molar-refractivity contribution in [3.63, 3.8) is 0 Å². The molecule has 0 aliphatic rings. The predicted octanol–water partition coefficient (Wildman–Crippen LogP) is 2.98. The fraction of sp³-hybridized carbons (Fsp3) is 0.167. The number of aromatic hydroxyl groups is 1. The van der Waals surface area contributed by atoms with Gasteiger partial charge < -0.3 is 9.84 Å². The lowest BCUT2D eigenvalue weighted by molar-refractivity contribution is 0.0520. The molecule has 7 heteroatoms. The zero-order valence-electron chi connectivity index (χ0n) is 13.4. The van der Waals surface area contributed by atoms with Crippen molar-refractivity contribution in [2.24, 2.45) is 0 Å². The quantitative estimate of drug-likeness (QED) is 0.725. The van der Waals surface area contributed by atoms with E-state index in [1.54, 1.807) is 43.3 Å². The van der Waals surface area contributed by atoms with Gasteiger partial charge in [0.05, 0.1) is 18.5 Å². The molecule has 0 saturated carbocycles. The van der Waals surface area contributed by atoms with Gasteiger partial charge in [-0.1, -0.05) is 23.7 Å². The second-order valence-corrected chi connectivity index (χ2v) is 5.77. The van der Waals surface area contributed by atoms with E-state index in [1.165, 1.54) is 10.8 Å². The zero-order chi connectivity index (χ0) is 18.0. The van der Waals surface area contributed by atoms with E-state index in [0.29, 0.717) is 10.4 Å². The second-order valence-electron chi connectivity index (χ2n) is 5.34. The van der Waals surface area contributed by atoms with E-state index in [1.807, 2.05) is 0 Å². The maximum absolute atomic E-state index is 12.8. The van der Waals surface area contributed by atoms with Crippen molar-refractivity contribution in [1.29, 1.82) is 0 Å². The highest BCUT2D eigenvalue weighted by Gasteiger charge is 2.23. The lowest BCUT2D eigenvalue weighted by Gasteiger charge is -2.13. The van der Waals surface area contributed by atoms with Crippen molar-refractivity contribution in [3.8, 4) is 5.75 Å². The molecule has 0 bridgehead atoms. The Hall–Kier alpha value is -2.86. The standard InChI is InChI=1S/C18H15ClN2O4/c1-2-25-18(24)14-15(22)13-4-3-9-20-16(13)21(17(14)23)10-11-5-7-12(19)8-6-11/h3-9,22H,2,10H2,1H3. The van der Waals surface area contributed by atoms with Crippen molar-refractivity contribution >= 4 is 28.6 Å². The number of hydrogen-bond donors (Lipinski definition) is 1. The summed E-state index contributed by atoms with van der Waals surface area (Å²) in [5.41, 5.74) is 0.0420. The molecule has 0 amide bonds. The molecule has 0 atom stereocenters. The van der Waals surface area contributed by atoms with Crippen LogP contribution in [0.1, 0.15) is 22.8 Å². The molecule has 1 aromatic carbocycles. The molecule has 25 heavy (non-hydrogen) atoms. The molecule has 3 aromatic rings. The number of ether oxygens (including phenoxy) is 1. The monoisotopic (exact) mass is 358 g/mol. The van der Waals surface area contributed by atoms with Gasteiger partial charge in [0.1, 0.15) is 11.4 Å². The molecule has 3 rings (SSSR count). The van der Waals surface area contributed by atoms with Gasteiger partial charge in [0, 0.05) is 11.2 Å². The van der Waals surface area contributed by atoms with Gasteiger partial charge >= 0.3 is 5.97 Å². The molecule has 0 saturated heterocycles. The van der Waals surface area contributed by atoms with E-state index in [9.17, 15) is 14.7 Å². The molecule has 0 aliphatic heterocycles. The molecule has 6 nitrogen and oxygen atoms in total. The summed E-state index contributed by atoms with van der Waals surface area (Å²) in [6.07, 6.45) is 1.52. The molecular formula is C18H15ClN2O4. The van der Waals surface area contributed by atoms with E-state index in [4.69, 9.17) is 16.3 Å². The first-order chi connectivity index (χ1) is 12.0. The Morgan fingerprint density at radius 2 is 2.00 bits per heavy atom. The van der Waals surface area contributed by atoms with Crippen LogP contribution in [0.15, 0.2) is 47.4 Å². The number of pyridine rings is 2. The third-order valence-electron chi connectivity index (χ3n) is 3.73. The Balaban J connectivity index is 2.24. The minimum Gasteiger partial charge on any atom is -0.506 e. The van der Waals surface area contributed by atoms with Crippen LogP contribution in [0.2, 0.25) is 5.02 Å². The smallest absolute Gasteiger partial charge is 0.347 e. The van der Waals surface area contributed by atoms with Gasteiger partial charge in [0.2, 0.25) is 0 Å². The van der Waals surface area contributed by atoms with Crippen LogP contribution in [0.3, 0.4) is 0 Å². The maximum atomic E-state index is 12.8. The summed E-state index contributed by atoms with van der Waals surface area (Å²) < 4.78 is 6.25. The van der Waals surface area contributed by atoms with Crippen LogP contribution in [0.4, 0.5) is 0 Å². The van der Waals surface area contributed by atoms with Gasteiger partial charge in [0.15, 0.2) is 5.56 Å². The lowest BCUT2D eigenvalue weighted by Crippen LogP contribution is -2.29. The summed E-state index contributed by atoms with van der Waals surface area (Å²) in [5.74, 6) is -1.28. The highest BCUT2D eigenvalue weighted by atomic mass is 35.5. The van der Waals surface area contributed by atoms with Crippen molar-refractivity contribution in [2.45, 2.75) is 13.5 Å². The topological polar surface area (TPSA) is 81.4 Å². The maximum Gasteiger partial charge on any atom is 0.347 e. The highest BCUT2D eigenvalue weighted by molar-refractivity contribution is 6.30. The largest absolute Gasteiger partial charge is 0.506 e. The lowest BCUT2D eigenvalue weighted by atomic mass is 10.1. The number of esters is 1. The molecule has 0 unspecified atom stereocenters. The van der Waals surface area contributed by atoms with Crippen LogP contribution in [-0.2, 0) is 11.3 Å². The average Bonchev–Trinajstić information content (AvgIpc) is 2.60. The van der Waals surface area contributed by atoms with Crippen molar-refractivity contribution in [1.82, 2.24) is 9.55 Å². The summed E-state index contributed by atoms with van der Waals surface area (Å²) in [6, 6.07) is 10.2. The van der Waals surface area contributed by atoms with E-state index >= 15 is 0 Å². The first-order valence-corrected chi connectivity index (χ1v) is 8.02. The van der Waals surface area contributed by atoms with Gasteiger partial charge in [0.25, 0.3) is 5.56 Å². The van der Waals surface area contributed by atoms with Crippen molar-refractivity contribution in [2.75, 3.05) is 6.61 Å². The van der Waals surface area contributed by atoms with Crippen LogP contribution in [0, 0.1) is 0 Å². The minimum atomic E-state index is -0.861. The number of hydrogen-bond acceptors (Lipinski definition) is 5. The average molecular weight is 359 g/mol. The zero-order valence-corrected chi connectivity index (χ0v) is 14.2. The fourth-order valence-electron chi connectivity index (χ4n) is 2.57. The van der Waals surface area contributed by atoms with E-state index in [2.05, 4.69) is 4.98 Å². The Morgan fingerprint density at radius 3 is 2.68 bits per heavy atom. The third-order valence-corrected chi connectivity index (χ3v) is 3.98. The van der Waals surface area contributed by atoms with Gasteiger partial charge in [-0.25, -0.2) is 9.78 Å². The van der Waals surface area contributed by atoms with Crippen LogP contribution >= 0.6 is 11.6 Å². The summed E-state index contributed by atoms with van der Waals surface area (Å²) in [6.45, 7) is 1.90. The molecule has 2 aromatic heterocycles. The third kappa shape index (κ3) is 3.21. The number of rotatable bonds is 4. The van der Waals surface area contributed by atoms with E-state index in [-0.39, 0.29) is 18.8 Å². The number of halogens is 1. The molecule has 0 radical (unpaired) electrons. The first kappa shape index (κ1) is 17.0. The number of benzene rings is 1. The van der Waals surface area contributed by atoms with Crippen molar-refractivity contribution in [3.05, 3.63) is 69.1 Å². The summed E-state index contributed by atoms with van der Waals surface area (Å²) in [5, 5.41) is 11.3. The molecule has 0 aliphatic carbocycles. The Bertz CT molecular complexity index is 996. The Morgan fingerprint density at radius 1 is 1.28 bits per heavy atom. The van der Waals surface area contributed by atoms with Crippen LogP contribution in [-0.4, -0.2) is 27.2 Å². The SMILES string of the molecule is CCOC(=O)c1c(O)c2cccnc2n(Cc2ccc(Cl)cc2)c1=O. The molecule has 2 heterocycles. The molecular weight excluding hydrogens is 344 g/mol. The van der Waals surface area contributed by atoms with Crippen LogP contribution < -0.4 is 5.56 Å². The number of carbonyl (C=O) groups excluding carboxylic acids is 1. The second kappa shape index (κ2) is 6.94. The van der Waals surface area contributed by atoms with Crippen LogP contribution in [0.25, 0.3) is 11.0 Å². The van der Waals surface area contributed by atoms with E-state index in [0.717, 1.165) is 5.56 Å². The molecule has 1 N–H and O–H groups in total. The number of fused-ring (bicyclic) bond motifs is 1. The highest BCUT2D eigenvalue weighted by Crippen LogP contribution is 2.26. The summed E-state index contributed by atoms with van der Waals surface area (Å²) >= 11 is 5.89.